The zero-order valence-electron chi connectivity index (χ0n) is 7.75. The second kappa shape index (κ2) is 2.89. The summed E-state index contributed by atoms with van der Waals surface area (Å²) >= 11 is 0. The lowest BCUT2D eigenvalue weighted by atomic mass is 9.80. The van der Waals surface area contributed by atoms with E-state index in [2.05, 4.69) is 24.9 Å². The summed E-state index contributed by atoms with van der Waals surface area (Å²) in [5.74, 6) is 1.62. The molecule has 0 N–H and O–H groups in total. The van der Waals surface area contributed by atoms with Crippen LogP contribution in [0.5, 0.6) is 0 Å². The molecule has 0 unspecified atom stereocenters. The monoisotopic (exact) mass is 161 g/mol. The van der Waals surface area contributed by atoms with Crippen molar-refractivity contribution in [1.82, 2.24) is 4.98 Å². The van der Waals surface area contributed by atoms with E-state index >= 15 is 0 Å². The minimum absolute atomic E-state index is 0.799. The van der Waals surface area contributed by atoms with Crippen LogP contribution >= 0.6 is 0 Å². The van der Waals surface area contributed by atoms with Crippen LogP contribution in [-0.2, 0) is 12.8 Å². The Balaban J connectivity index is 2.34. The van der Waals surface area contributed by atoms with E-state index in [9.17, 15) is 0 Å². The highest BCUT2D eigenvalue weighted by Gasteiger charge is 2.21. The SMILES string of the molecule is C[C@@H]1Cc2cccnc2C[C@@H]1C. The Hall–Kier alpha value is -0.850. The van der Waals surface area contributed by atoms with Crippen molar-refractivity contribution < 1.29 is 0 Å². The number of nitrogens with zero attached hydrogens (tertiary/aromatic N) is 1. The number of hydrogen-bond donors (Lipinski definition) is 0. The van der Waals surface area contributed by atoms with E-state index in [0.717, 1.165) is 18.3 Å². The number of hydrogen-bond acceptors (Lipinski definition) is 1. The smallest absolute Gasteiger partial charge is 0.0438 e. The summed E-state index contributed by atoms with van der Waals surface area (Å²) in [5.41, 5.74) is 2.78. The standard InChI is InChI=1S/C11H15N/c1-8-6-10-4-3-5-12-11(10)7-9(8)2/h3-5,8-9H,6-7H2,1-2H3/t8-,9+/m1/s1. The zero-order chi connectivity index (χ0) is 8.55. The quantitative estimate of drug-likeness (QED) is 0.569. The van der Waals surface area contributed by atoms with Crippen molar-refractivity contribution in [3.8, 4) is 0 Å². The molecule has 0 bridgehead atoms. The minimum Gasteiger partial charge on any atom is -0.261 e. The van der Waals surface area contributed by atoms with Gasteiger partial charge in [-0.1, -0.05) is 19.9 Å². The molecule has 0 saturated heterocycles. The van der Waals surface area contributed by atoms with Gasteiger partial charge in [0.1, 0.15) is 0 Å². The van der Waals surface area contributed by atoms with Crippen LogP contribution in [0.2, 0.25) is 0 Å². The molecule has 2 rings (SSSR count). The average molecular weight is 161 g/mol. The van der Waals surface area contributed by atoms with Crippen molar-refractivity contribution >= 4 is 0 Å². The van der Waals surface area contributed by atoms with Gasteiger partial charge in [-0.15, -0.1) is 0 Å². The van der Waals surface area contributed by atoms with Crippen LogP contribution < -0.4 is 0 Å². The maximum absolute atomic E-state index is 4.40. The molecule has 0 amide bonds. The van der Waals surface area contributed by atoms with Gasteiger partial charge in [-0.25, -0.2) is 0 Å². The lowest BCUT2D eigenvalue weighted by Gasteiger charge is -2.26. The molecule has 1 heterocycles. The molecular weight excluding hydrogens is 146 g/mol. The summed E-state index contributed by atoms with van der Waals surface area (Å²) in [6.45, 7) is 4.66. The van der Waals surface area contributed by atoms with Crippen molar-refractivity contribution in [2.75, 3.05) is 0 Å². The van der Waals surface area contributed by atoms with Crippen molar-refractivity contribution in [3.63, 3.8) is 0 Å². The van der Waals surface area contributed by atoms with E-state index in [-0.39, 0.29) is 0 Å². The summed E-state index contributed by atoms with van der Waals surface area (Å²) in [6.07, 6.45) is 4.28. The van der Waals surface area contributed by atoms with E-state index in [4.69, 9.17) is 0 Å². The molecule has 1 aliphatic carbocycles. The van der Waals surface area contributed by atoms with Gasteiger partial charge < -0.3 is 0 Å². The van der Waals surface area contributed by atoms with Crippen molar-refractivity contribution in [2.45, 2.75) is 26.7 Å². The Bertz CT molecular complexity index is 251. The number of aromatic nitrogens is 1. The fourth-order valence-corrected chi connectivity index (χ4v) is 1.90. The number of pyridine rings is 1. The summed E-state index contributed by atoms with van der Waals surface area (Å²) < 4.78 is 0. The summed E-state index contributed by atoms with van der Waals surface area (Å²) in [6, 6.07) is 4.26. The molecule has 1 nitrogen and oxygen atoms in total. The molecule has 0 aromatic carbocycles. The second-order valence-corrected chi connectivity index (χ2v) is 3.97. The van der Waals surface area contributed by atoms with Crippen LogP contribution in [0.15, 0.2) is 18.3 Å². The highest BCUT2D eigenvalue weighted by Crippen LogP contribution is 2.27. The van der Waals surface area contributed by atoms with Crippen molar-refractivity contribution in [2.24, 2.45) is 11.8 Å². The second-order valence-electron chi connectivity index (χ2n) is 3.97. The van der Waals surface area contributed by atoms with E-state index in [1.165, 1.54) is 17.7 Å². The molecule has 0 fully saturated rings. The first-order valence-corrected chi connectivity index (χ1v) is 4.70. The Morgan fingerprint density at radius 1 is 1.25 bits per heavy atom. The van der Waals surface area contributed by atoms with E-state index in [0.29, 0.717) is 0 Å². The Labute approximate surface area is 73.8 Å². The molecule has 1 aromatic heterocycles. The van der Waals surface area contributed by atoms with Gasteiger partial charge in [-0.2, -0.15) is 0 Å². The molecule has 0 aliphatic heterocycles. The number of fused-ring (bicyclic) bond motifs is 1. The van der Waals surface area contributed by atoms with Gasteiger partial charge in [0.15, 0.2) is 0 Å². The van der Waals surface area contributed by atoms with Gasteiger partial charge >= 0.3 is 0 Å². The Morgan fingerprint density at radius 3 is 2.83 bits per heavy atom. The highest BCUT2D eigenvalue weighted by atomic mass is 14.7. The summed E-state index contributed by atoms with van der Waals surface area (Å²) in [4.78, 5) is 4.40. The van der Waals surface area contributed by atoms with Crippen LogP contribution in [0, 0.1) is 11.8 Å². The lowest BCUT2D eigenvalue weighted by molar-refractivity contribution is 0.356. The molecular formula is C11H15N. The molecule has 0 radical (unpaired) electrons. The van der Waals surface area contributed by atoms with Gasteiger partial charge in [0, 0.05) is 11.9 Å². The third-order valence-corrected chi connectivity index (χ3v) is 3.01. The fraction of sp³-hybridized carbons (Fsp3) is 0.545. The molecule has 1 aromatic rings. The van der Waals surface area contributed by atoms with Crippen molar-refractivity contribution in [3.05, 3.63) is 29.6 Å². The molecule has 2 atom stereocenters. The highest BCUT2D eigenvalue weighted by molar-refractivity contribution is 5.23. The normalized spacial score (nSPS) is 28.2. The minimum atomic E-state index is 0.799. The molecule has 1 heteroatoms. The van der Waals surface area contributed by atoms with Crippen molar-refractivity contribution in [1.29, 1.82) is 0 Å². The van der Waals surface area contributed by atoms with E-state index in [1.807, 2.05) is 12.3 Å². The number of rotatable bonds is 0. The van der Waals surface area contributed by atoms with Crippen LogP contribution in [0.25, 0.3) is 0 Å². The Morgan fingerprint density at radius 2 is 2.00 bits per heavy atom. The van der Waals surface area contributed by atoms with Gasteiger partial charge in [0.05, 0.1) is 0 Å². The molecule has 12 heavy (non-hydrogen) atoms. The molecule has 0 spiro atoms. The van der Waals surface area contributed by atoms with Crippen LogP contribution in [0.1, 0.15) is 25.1 Å². The summed E-state index contributed by atoms with van der Waals surface area (Å²) in [7, 11) is 0. The largest absolute Gasteiger partial charge is 0.261 e. The Kier molecular flexibility index (Phi) is 1.87. The van der Waals surface area contributed by atoms with Crippen LogP contribution in [0.3, 0.4) is 0 Å². The van der Waals surface area contributed by atoms with Crippen LogP contribution in [-0.4, -0.2) is 4.98 Å². The van der Waals surface area contributed by atoms with Crippen LogP contribution in [0.4, 0.5) is 0 Å². The first-order chi connectivity index (χ1) is 5.77. The van der Waals surface area contributed by atoms with Gasteiger partial charge in [0.2, 0.25) is 0 Å². The zero-order valence-corrected chi connectivity index (χ0v) is 7.75. The molecule has 64 valence electrons. The predicted octanol–water partition coefficient (Wildman–Crippen LogP) is 2.45. The lowest BCUT2D eigenvalue weighted by Crippen LogP contribution is -2.21. The predicted molar refractivity (Wildman–Crippen MR) is 50.0 cm³/mol. The molecule has 0 saturated carbocycles. The topological polar surface area (TPSA) is 12.9 Å². The van der Waals surface area contributed by atoms with Gasteiger partial charge in [-0.05, 0) is 36.3 Å². The first-order valence-electron chi connectivity index (χ1n) is 4.70. The van der Waals surface area contributed by atoms with E-state index in [1.54, 1.807) is 0 Å². The third-order valence-electron chi connectivity index (χ3n) is 3.01. The first kappa shape index (κ1) is 7.78. The van der Waals surface area contributed by atoms with Gasteiger partial charge in [0.25, 0.3) is 0 Å². The maximum Gasteiger partial charge on any atom is 0.0438 e. The van der Waals surface area contributed by atoms with E-state index < -0.39 is 0 Å². The average Bonchev–Trinajstić information content (AvgIpc) is 2.07. The fourth-order valence-electron chi connectivity index (χ4n) is 1.90. The summed E-state index contributed by atoms with van der Waals surface area (Å²) in [5, 5.41) is 0. The van der Waals surface area contributed by atoms with Gasteiger partial charge in [-0.3, -0.25) is 4.98 Å². The maximum atomic E-state index is 4.40. The third kappa shape index (κ3) is 1.24. The molecule has 1 aliphatic rings.